The molecule has 1 saturated heterocycles. The van der Waals surface area contributed by atoms with Gasteiger partial charge in [0.15, 0.2) is 11.5 Å². The highest BCUT2D eigenvalue weighted by Crippen LogP contribution is 2.39. The fraction of sp³-hybridized carbons (Fsp3) is 0.150. The van der Waals surface area contributed by atoms with E-state index in [1.165, 1.54) is 51.7 Å². The van der Waals surface area contributed by atoms with Gasteiger partial charge in [-0.25, -0.2) is 9.69 Å². The van der Waals surface area contributed by atoms with Crippen molar-refractivity contribution in [1.82, 2.24) is 5.32 Å². The first-order valence-electron chi connectivity index (χ1n) is 8.36. The van der Waals surface area contributed by atoms with Gasteiger partial charge in [0.1, 0.15) is 5.57 Å². The molecule has 0 aliphatic carbocycles. The molecule has 0 radical (unpaired) electrons. The summed E-state index contributed by atoms with van der Waals surface area (Å²) in [7, 11) is 4.37. The third-order valence-electron chi connectivity index (χ3n) is 4.18. The molecule has 1 N–H and O–H groups in total. The maximum Gasteiger partial charge on any atom is 0.335 e. The van der Waals surface area contributed by atoms with Crippen LogP contribution in [0.2, 0.25) is 5.02 Å². The lowest BCUT2D eigenvalue weighted by atomic mass is 10.1. The largest absolute Gasteiger partial charge is 0.493 e. The zero-order valence-electron chi connectivity index (χ0n) is 15.8. The highest BCUT2D eigenvalue weighted by Gasteiger charge is 2.36. The van der Waals surface area contributed by atoms with Crippen LogP contribution < -0.4 is 24.4 Å². The highest BCUT2D eigenvalue weighted by atomic mass is 35.5. The molecule has 2 aromatic carbocycles. The first-order chi connectivity index (χ1) is 13.9. The van der Waals surface area contributed by atoms with Crippen molar-refractivity contribution < 1.29 is 28.6 Å². The van der Waals surface area contributed by atoms with Gasteiger partial charge in [0.2, 0.25) is 5.75 Å². The molecule has 1 aliphatic rings. The Balaban J connectivity index is 2.06. The number of carbonyl (C=O) groups excluding carboxylic acids is 3. The smallest absolute Gasteiger partial charge is 0.335 e. The summed E-state index contributed by atoms with van der Waals surface area (Å²) in [5.41, 5.74) is 0.498. The molecule has 3 rings (SSSR count). The molecule has 0 spiro atoms. The molecule has 0 atom stereocenters. The van der Waals surface area contributed by atoms with E-state index in [1.54, 1.807) is 12.1 Å². The third kappa shape index (κ3) is 3.88. The van der Waals surface area contributed by atoms with Gasteiger partial charge in [0.25, 0.3) is 11.8 Å². The van der Waals surface area contributed by atoms with E-state index in [1.807, 2.05) is 0 Å². The van der Waals surface area contributed by atoms with Gasteiger partial charge in [0.05, 0.1) is 27.0 Å². The number of halogens is 1. The number of anilines is 1. The molecule has 9 heteroatoms. The first kappa shape index (κ1) is 20.2. The first-order valence-corrected chi connectivity index (χ1v) is 8.74. The number of carbonyl (C=O) groups is 3. The van der Waals surface area contributed by atoms with Crippen molar-refractivity contribution in [3.05, 3.63) is 52.6 Å². The second kappa shape index (κ2) is 8.24. The molecule has 2 aromatic rings. The standard InChI is InChI=1S/C20H17ClN2O6/c1-27-15-9-11(10-16(28-2)17(15)29-3)8-14-18(24)22-20(26)23(19(14)25)13-6-4-12(21)5-7-13/h4-10H,1-3H3,(H,22,24,26). The van der Waals surface area contributed by atoms with Crippen LogP contribution in [0.15, 0.2) is 42.0 Å². The van der Waals surface area contributed by atoms with Crippen LogP contribution in [-0.4, -0.2) is 39.2 Å². The minimum Gasteiger partial charge on any atom is -0.493 e. The Labute approximate surface area is 171 Å². The molecule has 8 nitrogen and oxygen atoms in total. The second-order valence-electron chi connectivity index (χ2n) is 5.89. The number of ether oxygens (including phenoxy) is 3. The van der Waals surface area contributed by atoms with Crippen molar-refractivity contribution in [2.24, 2.45) is 0 Å². The number of nitrogens with one attached hydrogen (secondary N) is 1. The molecular formula is C20H17ClN2O6. The maximum atomic E-state index is 12.9. The highest BCUT2D eigenvalue weighted by molar-refractivity contribution is 6.39. The quantitative estimate of drug-likeness (QED) is 0.594. The molecule has 1 heterocycles. The van der Waals surface area contributed by atoms with Crippen LogP contribution in [0.1, 0.15) is 5.56 Å². The van der Waals surface area contributed by atoms with Crippen LogP contribution in [0.3, 0.4) is 0 Å². The van der Waals surface area contributed by atoms with Crippen molar-refractivity contribution in [2.45, 2.75) is 0 Å². The number of benzene rings is 2. The van der Waals surface area contributed by atoms with Crippen LogP contribution in [0.4, 0.5) is 10.5 Å². The fourth-order valence-corrected chi connectivity index (χ4v) is 2.96. The van der Waals surface area contributed by atoms with E-state index < -0.39 is 17.8 Å². The van der Waals surface area contributed by atoms with Crippen molar-refractivity contribution in [3.8, 4) is 17.2 Å². The van der Waals surface area contributed by atoms with Crippen LogP contribution >= 0.6 is 11.6 Å². The van der Waals surface area contributed by atoms with Gasteiger partial charge in [-0.15, -0.1) is 0 Å². The predicted molar refractivity (Wildman–Crippen MR) is 107 cm³/mol. The molecule has 0 aromatic heterocycles. The Bertz CT molecular complexity index is 991. The van der Waals surface area contributed by atoms with E-state index in [2.05, 4.69) is 5.32 Å². The number of methoxy groups -OCH3 is 3. The number of urea groups is 1. The van der Waals surface area contributed by atoms with Gasteiger partial charge in [0, 0.05) is 5.02 Å². The number of imide groups is 2. The van der Waals surface area contributed by atoms with Gasteiger partial charge in [-0.3, -0.25) is 14.9 Å². The summed E-state index contributed by atoms with van der Waals surface area (Å²) >= 11 is 5.86. The molecule has 4 amide bonds. The van der Waals surface area contributed by atoms with Gasteiger partial charge in [-0.05, 0) is 48.0 Å². The average Bonchev–Trinajstić information content (AvgIpc) is 2.71. The minimum absolute atomic E-state index is 0.228. The summed E-state index contributed by atoms with van der Waals surface area (Å²) in [6.45, 7) is 0. The maximum absolute atomic E-state index is 12.9. The molecule has 1 aliphatic heterocycles. The molecule has 0 unspecified atom stereocenters. The Morgan fingerprint density at radius 2 is 1.52 bits per heavy atom. The second-order valence-corrected chi connectivity index (χ2v) is 6.33. The lowest BCUT2D eigenvalue weighted by Crippen LogP contribution is -2.54. The average molecular weight is 417 g/mol. The number of hydrogen-bond donors (Lipinski definition) is 1. The molecule has 1 fully saturated rings. The molecule has 0 saturated carbocycles. The Morgan fingerprint density at radius 3 is 2.03 bits per heavy atom. The van der Waals surface area contributed by atoms with Crippen molar-refractivity contribution in [2.75, 3.05) is 26.2 Å². The van der Waals surface area contributed by atoms with Crippen LogP contribution in [0.5, 0.6) is 17.2 Å². The monoisotopic (exact) mass is 416 g/mol. The number of amides is 4. The molecule has 29 heavy (non-hydrogen) atoms. The van der Waals surface area contributed by atoms with E-state index in [9.17, 15) is 14.4 Å². The summed E-state index contributed by atoms with van der Waals surface area (Å²) in [6, 6.07) is 8.41. The summed E-state index contributed by atoms with van der Waals surface area (Å²) in [5.74, 6) is -0.496. The number of hydrogen-bond acceptors (Lipinski definition) is 6. The van der Waals surface area contributed by atoms with E-state index in [0.29, 0.717) is 27.8 Å². The minimum atomic E-state index is -0.843. The lowest BCUT2D eigenvalue weighted by molar-refractivity contribution is -0.122. The van der Waals surface area contributed by atoms with Crippen LogP contribution in [0, 0.1) is 0 Å². The molecule has 150 valence electrons. The van der Waals surface area contributed by atoms with E-state index >= 15 is 0 Å². The topological polar surface area (TPSA) is 94.2 Å². The predicted octanol–water partition coefficient (Wildman–Crippen LogP) is 3.03. The van der Waals surface area contributed by atoms with Crippen LogP contribution in [-0.2, 0) is 9.59 Å². The van der Waals surface area contributed by atoms with Crippen molar-refractivity contribution in [1.29, 1.82) is 0 Å². The fourth-order valence-electron chi connectivity index (χ4n) is 2.83. The zero-order chi connectivity index (χ0) is 21.1. The SMILES string of the molecule is COc1cc(C=C2C(=O)NC(=O)N(c3ccc(Cl)cc3)C2=O)cc(OC)c1OC. The van der Waals surface area contributed by atoms with E-state index in [4.69, 9.17) is 25.8 Å². The van der Waals surface area contributed by atoms with Crippen molar-refractivity contribution >= 4 is 41.2 Å². The number of nitrogens with zero attached hydrogens (tertiary/aromatic N) is 1. The Morgan fingerprint density at radius 1 is 0.931 bits per heavy atom. The van der Waals surface area contributed by atoms with Gasteiger partial charge in [-0.2, -0.15) is 0 Å². The van der Waals surface area contributed by atoms with Crippen molar-refractivity contribution in [3.63, 3.8) is 0 Å². The van der Waals surface area contributed by atoms with Gasteiger partial charge in [-0.1, -0.05) is 11.6 Å². The van der Waals surface area contributed by atoms with Gasteiger partial charge < -0.3 is 14.2 Å². The van der Waals surface area contributed by atoms with E-state index in [-0.39, 0.29) is 11.3 Å². The lowest BCUT2D eigenvalue weighted by Gasteiger charge is -2.26. The summed E-state index contributed by atoms with van der Waals surface area (Å²) in [6.07, 6.45) is 1.34. The summed E-state index contributed by atoms with van der Waals surface area (Å²) in [4.78, 5) is 38.4. The number of rotatable bonds is 5. The molecular weight excluding hydrogens is 400 g/mol. The Kier molecular flexibility index (Phi) is 5.74. The summed E-state index contributed by atoms with van der Waals surface area (Å²) in [5, 5.41) is 2.61. The van der Waals surface area contributed by atoms with Gasteiger partial charge >= 0.3 is 6.03 Å². The van der Waals surface area contributed by atoms with Crippen LogP contribution in [0.25, 0.3) is 6.08 Å². The van der Waals surface area contributed by atoms with E-state index in [0.717, 1.165) is 4.90 Å². The zero-order valence-corrected chi connectivity index (χ0v) is 16.6. The normalized spacial score (nSPS) is 15.4. The molecule has 0 bridgehead atoms. The third-order valence-corrected chi connectivity index (χ3v) is 4.44. The Hall–Kier alpha value is -3.52. The summed E-state index contributed by atoms with van der Waals surface area (Å²) < 4.78 is 15.8. The number of barbiturate groups is 1.